The highest BCUT2D eigenvalue weighted by atomic mass is 32.2. The Kier molecular flexibility index (Phi) is 9.95. The largest absolute Gasteiger partial charge is 0.471 e. The first-order valence-electron chi connectivity index (χ1n) is 18.5. The lowest BCUT2D eigenvalue weighted by atomic mass is 10.0. The number of benzene rings is 1. The Morgan fingerprint density at radius 1 is 1.11 bits per heavy atom. The molecule has 17 heteroatoms. The van der Waals surface area contributed by atoms with E-state index in [0.29, 0.717) is 49.7 Å². The summed E-state index contributed by atoms with van der Waals surface area (Å²) in [5.41, 5.74) is -0.157. The minimum atomic E-state index is -4.01. The molecule has 1 aromatic carbocycles. The summed E-state index contributed by atoms with van der Waals surface area (Å²) in [5, 5.41) is 9.86. The van der Waals surface area contributed by atoms with Crippen molar-refractivity contribution in [3.05, 3.63) is 59.8 Å². The van der Waals surface area contributed by atoms with Crippen LogP contribution in [-0.4, -0.2) is 91.7 Å². The molecule has 3 N–H and O–H groups in total. The lowest BCUT2D eigenvalue weighted by Crippen LogP contribution is -2.58. The maximum Gasteiger partial charge on any atom is 0.272 e. The number of sulfonamides is 1. The van der Waals surface area contributed by atoms with Gasteiger partial charge in [0.05, 0.1) is 22.3 Å². The van der Waals surface area contributed by atoms with Crippen molar-refractivity contribution in [2.24, 2.45) is 13.0 Å². The van der Waals surface area contributed by atoms with Gasteiger partial charge in [0.15, 0.2) is 0 Å². The van der Waals surface area contributed by atoms with Crippen molar-refractivity contribution >= 4 is 44.7 Å². The molecule has 0 bridgehead atoms. The van der Waals surface area contributed by atoms with Gasteiger partial charge in [-0.3, -0.25) is 28.6 Å². The molecular formula is C37H45FN8O7S. The number of carbonyl (C=O) groups excluding carboxylic acids is 4. The van der Waals surface area contributed by atoms with Crippen LogP contribution in [-0.2, 0) is 37.9 Å². The fourth-order valence-electron chi connectivity index (χ4n) is 7.25. The quantitative estimate of drug-likeness (QED) is 0.287. The number of amides is 4. The predicted molar refractivity (Wildman–Crippen MR) is 194 cm³/mol. The minimum Gasteiger partial charge on any atom is -0.471 e. The summed E-state index contributed by atoms with van der Waals surface area (Å²) in [6.07, 6.45) is 9.15. The van der Waals surface area contributed by atoms with Gasteiger partial charge in [0.1, 0.15) is 40.9 Å². The highest BCUT2D eigenvalue weighted by Gasteiger charge is 2.63. The highest BCUT2D eigenvalue weighted by Crippen LogP contribution is 2.47. The Labute approximate surface area is 312 Å². The number of nitrogens with one attached hydrogen (secondary N) is 3. The number of allylic oxidation sites excluding steroid dienone is 1. The van der Waals surface area contributed by atoms with Crippen LogP contribution in [0.25, 0.3) is 11.0 Å². The molecule has 2 saturated carbocycles. The van der Waals surface area contributed by atoms with E-state index in [1.165, 1.54) is 33.8 Å². The predicted octanol–water partition coefficient (Wildman–Crippen LogP) is 2.61. The van der Waals surface area contributed by atoms with Gasteiger partial charge in [-0.1, -0.05) is 31.9 Å². The fraction of sp³-hybridized carbons (Fsp3) is 0.541. The topological polar surface area (TPSA) is 195 Å². The average Bonchev–Trinajstić information content (AvgIpc) is 3.93. The molecule has 54 heavy (non-hydrogen) atoms. The molecule has 7 rings (SSSR count). The first-order chi connectivity index (χ1) is 25.7. The van der Waals surface area contributed by atoms with Crippen LogP contribution in [0, 0.1) is 11.7 Å². The monoisotopic (exact) mass is 764 g/mol. The van der Waals surface area contributed by atoms with Gasteiger partial charge < -0.3 is 20.3 Å². The van der Waals surface area contributed by atoms with E-state index >= 15 is 0 Å². The summed E-state index contributed by atoms with van der Waals surface area (Å²) in [4.78, 5) is 66.6. The van der Waals surface area contributed by atoms with Gasteiger partial charge in [-0.25, -0.2) is 22.8 Å². The number of halogens is 1. The van der Waals surface area contributed by atoms with Gasteiger partial charge in [-0.05, 0) is 70.1 Å². The molecule has 0 unspecified atom stereocenters. The zero-order valence-corrected chi connectivity index (χ0v) is 31.3. The van der Waals surface area contributed by atoms with Crippen molar-refractivity contribution in [2.45, 2.75) is 107 Å². The zero-order valence-electron chi connectivity index (χ0n) is 30.5. The lowest BCUT2D eigenvalue weighted by molar-refractivity contribution is -0.141. The normalized spacial score (nSPS) is 26.9. The van der Waals surface area contributed by atoms with Crippen LogP contribution in [0.2, 0.25) is 0 Å². The van der Waals surface area contributed by atoms with Crippen LogP contribution in [0.1, 0.15) is 87.8 Å². The van der Waals surface area contributed by atoms with E-state index in [-0.39, 0.29) is 36.5 Å². The van der Waals surface area contributed by atoms with Crippen LogP contribution >= 0.6 is 0 Å². The molecule has 4 amide bonds. The molecule has 0 radical (unpaired) electrons. The standard InChI is InChI=1S/C37H45FN8O7S/c1-4-25-33(41-29-18-23(38)12-13-26(29)39-25)53-24-19-30-32(48)42-37(35(50)44-54(51,52)36(2)15-16-36)20-22(37)10-8-6-5-7-9-11-28(34(49)46(30)21-24)40-31(47)27-14-17-45(3)43-27/h8,10,12-14,17-18,22,24,28,30H,4-7,9,11,15-16,19-21H2,1-3H3,(H,40,47)(H,42,48)(H,44,50)/t22-,24-,28+,30+,37-/m1/s1. The van der Waals surface area contributed by atoms with E-state index in [1.54, 1.807) is 20.2 Å². The summed E-state index contributed by atoms with van der Waals surface area (Å²) >= 11 is 0. The van der Waals surface area contributed by atoms with Crippen molar-refractivity contribution in [1.82, 2.24) is 40.0 Å². The molecule has 3 fully saturated rings. The number of hydrogen-bond acceptors (Lipinski definition) is 10. The third kappa shape index (κ3) is 7.42. The van der Waals surface area contributed by atoms with Gasteiger partial charge >= 0.3 is 0 Å². The average molecular weight is 765 g/mol. The molecule has 2 aliphatic heterocycles. The maximum absolute atomic E-state index is 14.5. The Morgan fingerprint density at radius 3 is 2.63 bits per heavy atom. The first-order valence-corrected chi connectivity index (χ1v) is 20.0. The van der Waals surface area contributed by atoms with E-state index in [2.05, 4.69) is 30.4 Å². The molecule has 15 nitrogen and oxygen atoms in total. The van der Waals surface area contributed by atoms with Crippen molar-refractivity contribution in [3.8, 4) is 5.88 Å². The van der Waals surface area contributed by atoms with Crippen LogP contribution in [0.4, 0.5) is 4.39 Å². The van der Waals surface area contributed by atoms with E-state index in [0.717, 1.165) is 12.8 Å². The molecule has 288 valence electrons. The van der Waals surface area contributed by atoms with E-state index in [4.69, 9.17) is 4.74 Å². The first kappa shape index (κ1) is 37.4. The smallest absolute Gasteiger partial charge is 0.272 e. The van der Waals surface area contributed by atoms with Gasteiger partial charge in [0.2, 0.25) is 27.7 Å². The van der Waals surface area contributed by atoms with Crippen LogP contribution in [0.5, 0.6) is 5.88 Å². The van der Waals surface area contributed by atoms with Gasteiger partial charge in [-0.15, -0.1) is 0 Å². The third-order valence-corrected chi connectivity index (χ3v) is 13.2. The van der Waals surface area contributed by atoms with Crippen molar-refractivity contribution in [1.29, 1.82) is 0 Å². The Hall–Kier alpha value is -4.93. The van der Waals surface area contributed by atoms with E-state index in [1.807, 2.05) is 19.1 Å². The van der Waals surface area contributed by atoms with Crippen molar-refractivity contribution < 1.29 is 36.7 Å². The Morgan fingerprint density at radius 2 is 1.91 bits per heavy atom. The SMILES string of the molecule is CCc1nc2ccc(F)cc2nc1O[C@@H]1C[C@H]2C(=O)N[C@]3(C(=O)NS(=O)(=O)C4(C)CC4)C[C@H]3C=CCCCCC[C@H](NC(=O)c3ccn(C)n3)C(=O)N2C1. The molecule has 0 spiro atoms. The van der Waals surface area contributed by atoms with E-state index < -0.39 is 73.9 Å². The number of aromatic nitrogens is 4. The number of nitrogens with zero attached hydrogens (tertiary/aromatic N) is 5. The molecule has 2 aromatic heterocycles. The summed E-state index contributed by atoms with van der Waals surface area (Å²) in [6.45, 7) is 3.37. The Balaban J connectivity index is 1.21. The highest BCUT2D eigenvalue weighted by molar-refractivity contribution is 7.91. The fourth-order valence-corrected chi connectivity index (χ4v) is 8.56. The number of fused-ring (bicyclic) bond motifs is 3. The van der Waals surface area contributed by atoms with Gasteiger partial charge in [0.25, 0.3) is 11.8 Å². The van der Waals surface area contributed by atoms with Gasteiger partial charge in [-0.2, -0.15) is 5.10 Å². The van der Waals surface area contributed by atoms with Crippen molar-refractivity contribution in [2.75, 3.05) is 6.54 Å². The van der Waals surface area contributed by atoms with E-state index in [9.17, 15) is 32.0 Å². The number of ether oxygens (including phenoxy) is 1. The summed E-state index contributed by atoms with van der Waals surface area (Å²) in [5.74, 6) is -3.37. The summed E-state index contributed by atoms with van der Waals surface area (Å²) in [7, 11) is -2.33. The van der Waals surface area contributed by atoms with Crippen molar-refractivity contribution in [3.63, 3.8) is 0 Å². The van der Waals surface area contributed by atoms with Crippen LogP contribution in [0.3, 0.4) is 0 Å². The molecule has 5 atom stereocenters. The second kappa shape index (κ2) is 14.4. The third-order valence-electron chi connectivity index (χ3n) is 11.0. The number of rotatable bonds is 8. The molecule has 1 saturated heterocycles. The number of carbonyl (C=O) groups is 4. The summed E-state index contributed by atoms with van der Waals surface area (Å²) in [6, 6.07) is 3.42. The minimum absolute atomic E-state index is 0.0148. The number of hydrogen-bond donors (Lipinski definition) is 3. The van der Waals surface area contributed by atoms with Crippen LogP contribution < -0.4 is 20.1 Å². The van der Waals surface area contributed by atoms with Gasteiger partial charge in [0, 0.05) is 31.6 Å². The second-order valence-electron chi connectivity index (χ2n) is 15.1. The maximum atomic E-state index is 14.5. The molecule has 4 heterocycles. The van der Waals surface area contributed by atoms with Crippen LogP contribution in [0.15, 0.2) is 42.6 Å². The summed E-state index contributed by atoms with van der Waals surface area (Å²) < 4.78 is 49.4. The molecule has 2 aliphatic carbocycles. The zero-order chi connectivity index (χ0) is 38.4. The Bertz CT molecular complexity index is 2140. The second-order valence-corrected chi connectivity index (χ2v) is 17.3. The number of aryl methyl sites for hydroxylation is 2. The molecule has 4 aliphatic rings. The lowest BCUT2D eigenvalue weighted by Gasteiger charge is -2.30. The molecule has 3 aromatic rings. The molecular weight excluding hydrogens is 720 g/mol.